The molecule has 3 N–H and O–H groups in total. The molecule has 0 saturated heterocycles. The molecule has 1 aromatic heterocycles. The molecular weight excluding hydrogens is 230 g/mol. The summed E-state index contributed by atoms with van der Waals surface area (Å²) in [7, 11) is 1.18. The zero-order valence-corrected chi connectivity index (χ0v) is 9.20. The van der Waals surface area contributed by atoms with Crippen LogP contribution >= 0.6 is 0 Å². The average molecular weight is 241 g/mol. The smallest absolute Gasteiger partial charge is 0.328 e. The number of aromatic amines is 2. The van der Waals surface area contributed by atoms with Crippen molar-refractivity contribution in [1.29, 1.82) is 0 Å². The SMILES string of the molecule is COC(=O)C(C)NC(=O)c1cc(=O)[nH]c(=O)[nH]1. The quantitative estimate of drug-likeness (QED) is 0.548. The highest BCUT2D eigenvalue weighted by Crippen LogP contribution is 1.91. The van der Waals surface area contributed by atoms with Gasteiger partial charge in [-0.15, -0.1) is 0 Å². The number of amides is 1. The van der Waals surface area contributed by atoms with Gasteiger partial charge in [0.15, 0.2) is 0 Å². The Hall–Kier alpha value is -2.38. The first-order chi connectivity index (χ1) is 7.93. The Morgan fingerprint density at radius 3 is 2.53 bits per heavy atom. The predicted molar refractivity (Wildman–Crippen MR) is 56.6 cm³/mol. The maximum absolute atomic E-state index is 11.5. The molecule has 1 amide bonds. The molecule has 0 aliphatic rings. The monoisotopic (exact) mass is 241 g/mol. The van der Waals surface area contributed by atoms with E-state index in [0.717, 1.165) is 6.07 Å². The second kappa shape index (κ2) is 5.10. The number of ether oxygens (including phenoxy) is 1. The molecule has 1 atom stereocenters. The Kier molecular flexibility index (Phi) is 3.81. The van der Waals surface area contributed by atoms with Gasteiger partial charge in [0.05, 0.1) is 7.11 Å². The minimum absolute atomic E-state index is 0.227. The predicted octanol–water partition coefficient (Wildman–Crippen LogP) is -1.65. The highest BCUT2D eigenvalue weighted by atomic mass is 16.5. The number of aromatic nitrogens is 2. The molecule has 0 aromatic carbocycles. The lowest BCUT2D eigenvalue weighted by Crippen LogP contribution is -2.40. The number of esters is 1. The van der Waals surface area contributed by atoms with Crippen LogP contribution in [0.1, 0.15) is 17.4 Å². The van der Waals surface area contributed by atoms with Crippen LogP contribution in [0.4, 0.5) is 0 Å². The summed E-state index contributed by atoms with van der Waals surface area (Å²) >= 11 is 0. The van der Waals surface area contributed by atoms with Gasteiger partial charge in [0.1, 0.15) is 11.7 Å². The molecule has 1 rings (SSSR count). The third-order valence-electron chi connectivity index (χ3n) is 1.91. The first kappa shape index (κ1) is 12.7. The van der Waals surface area contributed by atoms with E-state index < -0.39 is 29.2 Å². The van der Waals surface area contributed by atoms with Crippen LogP contribution < -0.4 is 16.6 Å². The number of carbonyl (C=O) groups is 2. The van der Waals surface area contributed by atoms with Crippen LogP contribution in [0.3, 0.4) is 0 Å². The minimum atomic E-state index is -0.879. The fourth-order valence-electron chi connectivity index (χ4n) is 1.10. The molecule has 0 fully saturated rings. The van der Waals surface area contributed by atoms with Gasteiger partial charge < -0.3 is 15.0 Å². The van der Waals surface area contributed by atoms with Gasteiger partial charge in [-0.1, -0.05) is 0 Å². The fourth-order valence-corrected chi connectivity index (χ4v) is 1.10. The molecule has 0 aliphatic heterocycles. The van der Waals surface area contributed by atoms with E-state index in [2.05, 4.69) is 15.0 Å². The summed E-state index contributed by atoms with van der Waals surface area (Å²) in [6.07, 6.45) is 0. The van der Waals surface area contributed by atoms with E-state index in [0.29, 0.717) is 0 Å². The van der Waals surface area contributed by atoms with E-state index in [1.165, 1.54) is 14.0 Å². The van der Waals surface area contributed by atoms with Crippen LogP contribution in [-0.2, 0) is 9.53 Å². The van der Waals surface area contributed by atoms with Gasteiger partial charge >= 0.3 is 11.7 Å². The minimum Gasteiger partial charge on any atom is -0.467 e. The molecule has 0 saturated carbocycles. The Balaban J connectivity index is 2.87. The maximum atomic E-state index is 11.5. The Morgan fingerprint density at radius 1 is 1.35 bits per heavy atom. The Bertz CT molecular complexity index is 516. The number of hydrogen-bond acceptors (Lipinski definition) is 5. The summed E-state index contributed by atoms with van der Waals surface area (Å²) < 4.78 is 4.40. The standard InChI is InChI=1S/C9H11N3O5/c1-4(8(15)17-2)10-7(14)5-3-6(13)12-9(16)11-5/h3-4H,1-2H3,(H,10,14)(H2,11,12,13,16). The summed E-state index contributed by atoms with van der Waals surface area (Å²) in [5, 5.41) is 2.26. The highest BCUT2D eigenvalue weighted by molar-refractivity contribution is 5.94. The maximum Gasteiger partial charge on any atom is 0.328 e. The number of carbonyl (C=O) groups excluding carboxylic acids is 2. The molecule has 0 spiro atoms. The number of H-pyrrole nitrogens is 2. The van der Waals surface area contributed by atoms with Crippen molar-refractivity contribution in [2.75, 3.05) is 7.11 Å². The normalized spacial score (nSPS) is 11.6. The molecule has 92 valence electrons. The Morgan fingerprint density at radius 2 is 2.00 bits per heavy atom. The number of hydrogen-bond donors (Lipinski definition) is 3. The highest BCUT2D eigenvalue weighted by Gasteiger charge is 2.17. The van der Waals surface area contributed by atoms with Gasteiger partial charge in [-0.2, -0.15) is 0 Å². The lowest BCUT2D eigenvalue weighted by atomic mass is 10.3. The first-order valence-electron chi connectivity index (χ1n) is 4.66. The molecule has 1 unspecified atom stereocenters. The van der Waals surface area contributed by atoms with E-state index in [1.807, 2.05) is 4.98 Å². The van der Waals surface area contributed by atoms with Crippen molar-refractivity contribution < 1.29 is 14.3 Å². The van der Waals surface area contributed by atoms with Crippen LogP contribution in [0.25, 0.3) is 0 Å². The zero-order chi connectivity index (χ0) is 13.0. The number of methoxy groups -OCH3 is 1. The van der Waals surface area contributed by atoms with Crippen molar-refractivity contribution >= 4 is 11.9 Å². The van der Waals surface area contributed by atoms with Crippen molar-refractivity contribution in [2.45, 2.75) is 13.0 Å². The molecular formula is C9H11N3O5. The topological polar surface area (TPSA) is 121 Å². The van der Waals surface area contributed by atoms with Gasteiger partial charge in [-0.25, -0.2) is 9.59 Å². The van der Waals surface area contributed by atoms with Gasteiger partial charge in [-0.05, 0) is 6.92 Å². The molecule has 1 aromatic rings. The number of nitrogens with one attached hydrogen (secondary N) is 3. The van der Waals surface area contributed by atoms with E-state index in [-0.39, 0.29) is 5.69 Å². The molecule has 0 radical (unpaired) electrons. The zero-order valence-electron chi connectivity index (χ0n) is 9.20. The fraction of sp³-hybridized carbons (Fsp3) is 0.333. The van der Waals surface area contributed by atoms with Gasteiger partial charge in [0.25, 0.3) is 11.5 Å². The van der Waals surface area contributed by atoms with Crippen molar-refractivity contribution in [3.8, 4) is 0 Å². The summed E-state index contributed by atoms with van der Waals surface area (Å²) in [6, 6.07) is 0.0380. The summed E-state index contributed by atoms with van der Waals surface area (Å²) in [4.78, 5) is 48.5. The van der Waals surface area contributed by atoms with E-state index in [4.69, 9.17) is 0 Å². The average Bonchev–Trinajstić information content (AvgIpc) is 2.26. The van der Waals surface area contributed by atoms with Crippen molar-refractivity contribution in [1.82, 2.24) is 15.3 Å². The summed E-state index contributed by atoms with van der Waals surface area (Å²) in [5.74, 6) is -1.38. The van der Waals surface area contributed by atoms with Crippen molar-refractivity contribution in [3.05, 3.63) is 32.6 Å². The molecule has 1 heterocycles. The van der Waals surface area contributed by atoms with Gasteiger partial charge in [0.2, 0.25) is 0 Å². The third kappa shape index (κ3) is 3.30. The second-order valence-corrected chi connectivity index (χ2v) is 3.22. The first-order valence-corrected chi connectivity index (χ1v) is 4.66. The molecule has 0 bridgehead atoms. The lowest BCUT2D eigenvalue weighted by Gasteiger charge is -2.10. The molecule has 8 nitrogen and oxygen atoms in total. The summed E-state index contributed by atoms with van der Waals surface area (Å²) in [5.41, 5.74) is -1.73. The summed E-state index contributed by atoms with van der Waals surface area (Å²) in [6.45, 7) is 1.41. The van der Waals surface area contributed by atoms with Crippen LogP contribution in [0, 0.1) is 0 Å². The van der Waals surface area contributed by atoms with E-state index in [1.54, 1.807) is 0 Å². The molecule has 8 heteroatoms. The van der Waals surface area contributed by atoms with Crippen molar-refractivity contribution in [2.24, 2.45) is 0 Å². The number of rotatable bonds is 3. The van der Waals surface area contributed by atoms with Crippen LogP contribution in [-0.4, -0.2) is 35.0 Å². The molecule has 17 heavy (non-hydrogen) atoms. The van der Waals surface area contributed by atoms with E-state index >= 15 is 0 Å². The lowest BCUT2D eigenvalue weighted by molar-refractivity contribution is -0.142. The van der Waals surface area contributed by atoms with Crippen LogP contribution in [0.2, 0.25) is 0 Å². The molecule has 0 aliphatic carbocycles. The second-order valence-electron chi connectivity index (χ2n) is 3.22. The van der Waals surface area contributed by atoms with Gasteiger partial charge in [-0.3, -0.25) is 14.6 Å². The van der Waals surface area contributed by atoms with Gasteiger partial charge in [0, 0.05) is 6.07 Å². The third-order valence-corrected chi connectivity index (χ3v) is 1.91. The van der Waals surface area contributed by atoms with Crippen LogP contribution in [0.15, 0.2) is 15.7 Å². The van der Waals surface area contributed by atoms with E-state index in [9.17, 15) is 19.2 Å². The largest absolute Gasteiger partial charge is 0.467 e. The Labute approximate surface area is 95.0 Å². The van der Waals surface area contributed by atoms with Crippen LogP contribution in [0.5, 0.6) is 0 Å². The van der Waals surface area contributed by atoms with Crippen molar-refractivity contribution in [3.63, 3.8) is 0 Å².